The lowest BCUT2D eigenvalue weighted by molar-refractivity contribution is 0.899. The van der Waals surface area contributed by atoms with Crippen molar-refractivity contribution >= 4 is 27.7 Å². The van der Waals surface area contributed by atoms with Crippen molar-refractivity contribution in [2.75, 3.05) is 11.1 Å². The van der Waals surface area contributed by atoms with Crippen LogP contribution in [0.25, 0.3) is 0 Å². The zero-order valence-electron chi connectivity index (χ0n) is 7.66. The number of alkyl halides is 1. The monoisotopic (exact) mass is 260 g/mol. The van der Waals surface area contributed by atoms with E-state index in [1.54, 1.807) is 11.8 Å². The van der Waals surface area contributed by atoms with E-state index in [4.69, 9.17) is 0 Å². The van der Waals surface area contributed by atoms with Crippen molar-refractivity contribution < 1.29 is 0 Å². The highest BCUT2D eigenvalue weighted by atomic mass is 79.9. The molecule has 0 amide bonds. The molecule has 0 aliphatic heterocycles. The zero-order chi connectivity index (χ0) is 9.52. The molecule has 4 heteroatoms. The largest absolute Gasteiger partial charge is 0.231 e. The Kier molecular flexibility index (Phi) is 5.39. The fraction of sp³-hybridized carbons (Fsp3) is 0.556. The molecule has 0 bridgehead atoms. The molecule has 0 N–H and O–H groups in total. The third-order valence-electron chi connectivity index (χ3n) is 1.52. The van der Waals surface area contributed by atoms with Gasteiger partial charge >= 0.3 is 0 Å². The second-order valence-electron chi connectivity index (χ2n) is 2.79. The molecule has 0 fully saturated rings. The Hall–Kier alpha value is -0.0900. The Balaban J connectivity index is 2.25. The van der Waals surface area contributed by atoms with Crippen molar-refractivity contribution in [2.24, 2.45) is 0 Å². The first-order valence-corrected chi connectivity index (χ1v) is 6.41. The summed E-state index contributed by atoms with van der Waals surface area (Å²) in [6.07, 6.45) is 6.16. The van der Waals surface area contributed by atoms with Gasteiger partial charge in [-0.25, -0.2) is 9.97 Å². The molecule has 2 nitrogen and oxygen atoms in total. The zero-order valence-corrected chi connectivity index (χ0v) is 10.1. The second-order valence-corrected chi connectivity index (χ2v) is 4.64. The van der Waals surface area contributed by atoms with Gasteiger partial charge in [-0.2, -0.15) is 0 Å². The van der Waals surface area contributed by atoms with Gasteiger partial charge in [0.1, 0.15) is 0 Å². The van der Waals surface area contributed by atoms with E-state index in [0.29, 0.717) is 0 Å². The molecule has 0 unspecified atom stereocenters. The van der Waals surface area contributed by atoms with Gasteiger partial charge < -0.3 is 0 Å². The van der Waals surface area contributed by atoms with Crippen LogP contribution in [0.2, 0.25) is 0 Å². The fourth-order valence-corrected chi connectivity index (χ4v) is 2.00. The Labute approximate surface area is 91.7 Å². The van der Waals surface area contributed by atoms with Crippen molar-refractivity contribution in [2.45, 2.75) is 24.9 Å². The van der Waals surface area contributed by atoms with Crippen LogP contribution in [0.3, 0.4) is 0 Å². The molecule has 1 aromatic rings. The molecular formula is C9H13BrN2S. The number of thioether (sulfide) groups is 1. The van der Waals surface area contributed by atoms with Crippen molar-refractivity contribution in [3.05, 3.63) is 18.0 Å². The van der Waals surface area contributed by atoms with Crippen LogP contribution in [0, 0.1) is 6.92 Å². The maximum Gasteiger partial charge on any atom is 0.187 e. The number of halogens is 1. The van der Waals surface area contributed by atoms with Crippen molar-refractivity contribution in [3.63, 3.8) is 0 Å². The number of unbranched alkanes of at least 4 members (excludes halogenated alkanes) is 1. The predicted octanol–water partition coefficient (Wildman–Crippen LogP) is 3.05. The lowest BCUT2D eigenvalue weighted by Crippen LogP contribution is -1.88. The Morgan fingerprint density at radius 2 is 2.00 bits per heavy atom. The second kappa shape index (κ2) is 6.38. The molecule has 1 rings (SSSR count). The molecule has 1 heterocycles. The summed E-state index contributed by atoms with van der Waals surface area (Å²) in [5, 5.41) is 1.97. The number of rotatable bonds is 5. The van der Waals surface area contributed by atoms with Crippen molar-refractivity contribution in [3.8, 4) is 0 Å². The van der Waals surface area contributed by atoms with Gasteiger partial charge in [-0.15, -0.1) is 0 Å². The van der Waals surface area contributed by atoms with Gasteiger partial charge in [0.15, 0.2) is 5.16 Å². The predicted molar refractivity (Wildman–Crippen MR) is 60.5 cm³/mol. The lowest BCUT2D eigenvalue weighted by Gasteiger charge is -1.98. The Morgan fingerprint density at radius 1 is 1.31 bits per heavy atom. The van der Waals surface area contributed by atoms with E-state index in [9.17, 15) is 0 Å². The van der Waals surface area contributed by atoms with Gasteiger partial charge in [0.2, 0.25) is 0 Å². The van der Waals surface area contributed by atoms with Crippen LogP contribution < -0.4 is 0 Å². The molecule has 13 heavy (non-hydrogen) atoms. The number of aryl methyl sites for hydroxylation is 1. The van der Waals surface area contributed by atoms with Crippen LogP contribution >= 0.6 is 27.7 Å². The first-order valence-electron chi connectivity index (χ1n) is 4.30. The van der Waals surface area contributed by atoms with Crippen LogP contribution in [0.1, 0.15) is 18.4 Å². The average Bonchev–Trinajstić information content (AvgIpc) is 2.15. The van der Waals surface area contributed by atoms with E-state index in [0.717, 1.165) is 21.8 Å². The molecule has 1 aromatic heterocycles. The molecular weight excluding hydrogens is 248 g/mol. The molecule has 0 radical (unpaired) electrons. The van der Waals surface area contributed by atoms with E-state index < -0.39 is 0 Å². The molecule has 0 aliphatic rings. The highest BCUT2D eigenvalue weighted by Crippen LogP contribution is 2.14. The highest BCUT2D eigenvalue weighted by Gasteiger charge is 1.95. The quantitative estimate of drug-likeness (QED) is 0.352. The van der Waals surface area contributed by atoms with Crippen LogP contribution in [-0.4, -0.2) is 21.1 Å². The normalized spacial score (nSPS) is 10.3. The lowest BCUT2D eigenvalue weighted by atomic mass is 10.4. The van der Waals surface area contributed by atoms with E-state index >= 15 is 0 Å². The van der Waals surface area contributed by atoms with Gasteiger partial charge in [-0.05, 0) is 25.3 Å². The molecule has 0 aromatic carbocycles. The summed E-state index contributed by atoms with van der Waals surface area (Å²) in [5.41, 5.74) is 1.12. The summed E-state index contributed by atoms with van der Waals surface area (Å²) in [7, 11) is 0. The Morgan fingerprint density at radius 3 is 2.62 bits per heavy atom. The minimum Gasteiger partial charge on any atom is -0.231 e. The Bertz CT molecular complexity index is 238. The van der Waals surface area contributed by atoms with E-state index in [1.165, 1.54) is 12.8 Å². The van der Waals surface area contributed by atoms with Gasteiger partial charge in [0.25, 0.3) is 0 Å². The van der Waals surface area contributed by atoms with E-state index in [-0.39, 0.29) is 0 Å². The summed E-state index contributed by atoms with van der Waals surface area (Å²) in [6, 6.07) is 0. The summed E-state index contributed by atoms with van der Waals surface area (Å²) in [4.78, 5) is 8.43. The van der Waals surface area contributed by atoms with Crippen LogP contribution in [0.5, 0.6) is 0 Å². The minimum atomic E-state index is 0.889. The molecule has 0 spiro atoms. The van der Waals surface area contributed by atoms with Crippen molar-refractivity contribution in [1.29, 1.82) is 0 Å². The average molecular weight is 261 g/mol. The summed E-state index contributed by atoms with van der Waals surface area (Å²) in [6.45, 7) is 2.00. The number of hydrogen-bond acceptors (Lipinski definition) is 3. The maximum absolute atomic E-state index is 4.22. The number of hydrogen-bond donors (Lipinski definition) is 0. The number of aromatic nitrogens is 2. The first-order chi connectivity index (χ1) is 6.33. The summed E-state index contributed by atoms with van der Waals surface area (Å²) in [5.74, 6) is 1.11. The minimum absolute atomic E-state index is 0.889. The molecule has 0 atom stereocenters. The third kappa shape index (κ3) is 4.62. The summed E-state index contributed by atoms with van der Waals surface area (Å²) >= 11 is 5.13. The van der Waals surface area contributed by atoms with Gasteiger partial charge in [0, 0.05) is 23.5 Å². The molecule has 0 aliphatic carbocycles. The highest BCUT2D eigenvalue weighted by molar-refractivity contribution is 9.09. The SMILES string of the molecule is Cc1cnc(SCCCCBr)nc1. The standard InChI is InChI=1S/C9H13BrN2S/c1-8-6-11-9(12-7-8)13-5-3-2-4-10/h6-7H,2-5H2,1H3. The van der Waals surface area contributed by atoms with Crippen LogP contribution in [0.4, 0.5) is 0 Å². The smallest absolute Gasteiger partial charge is 0.187 e. The van der Waals surface area contributed by atoms with E-state index in [2.05, 4.69) is 25.9 Å². The third-order valence-corrected chi connectivity index (χ3v) is 3.04. The van der Waals surface area contributed by atoms with Crippen molar-refractivity contribution in [1.82, 2.24) is 9.97 Å². The van der Waals surface area contributed by atoms with Crippen LogP contribution in [0.15, 0.2) is 17.6 Å². The van der Waals surface area contributed by atoms with E-state index in [1.807, 2.05) is 19.3 Å². The van der Waals surface area contributed by atoms with Crippen LogP contribution in [-0.2, 0) is 0 Å². The molecule has 72 valence electrons. The molecule has 0 saturated heterocycles. The fourth-order valence-electron chi connectivity index (χ4n) is 0.815. The maximum atomic E-state index is 4.22. The number of nitrogens with zero attached hydrogens (tertiary/aromatic N) is 2. The van der Waals surface area contributed by atoms with Gasteiger partial charge in [-0.1, -0.05) is 27.7 Å². The topological polar surface area (TPSA) is 25.8 Å². The summed E-state index contributed by atoms with van der Waals surface area (Å²) < 4.78 is 0. The first kappa shape index (κ1) is 11.0. The molecule has 0 saturated carbocycles. The van der Waals surface area contributed by atoms with Gasteiger partial charge in [-0.3, -0.25) is 0 Å². The van der Waals surface area contributed by atoms with Gasteiger partial charge in [0.05, 0.1) is 0 Å².